The molecule has 9 nitrogen and oxygen atoms in total. The average molecular weight is 427 g/mol. The van der Waals surface area contributed by atoms with Crippen molar-refractivity contribution in [3.05, 3.63) is 24.5 Å². The van der Waals surface area contributed by atoms with E-state index in [0.717, 1.165) is 50.0 Å². The van der Waals surface area contributed by atoms with Gasteiger partial charge in [-0.3, -0.25) is 0 Å². The normalized spacial score (nSPS) is 18.7. The van der Waals surface area contributed by atoms with E-state index in [1.165, 1.54) is 0 Å². The molecule has 1 saturated carbocycles. The summed E-state index contributed by atoms with van der Waals surface area (Å²) >= 11 is 0. The third-order valence-electron chi connectivity index (χ3n) is 5.57. The highest BCUT2D eigenvalue weighted by molar-refractivity contribution is 5.86. The molecule has 0 amide bonds. The maximum absolute atomic E-state index is 9.79. The van der Waals surface area contributed by atoms with Crippen LogP contribution in [0.2, 0.25) is 0 Å². The van der Waals surface area contributed by atoms with E-state index < -0.39 is 0 Å². The van der Waals surface area contributed by atoms with Crippen LogP contribution in [-0.4, -0.2) is 51.0 Å². The van der Waals surface area contributed by atoms with Crippen molar-refractivity contribution in [3.8, 4) is 11.5 Å². The number of methoxy groups -OCH3 is 2. The van der Waals surface area contributed by atoms with E-state index in [0.29, 0.717) is 28.8 Å². The van der Waals surface area contributed by atoms with Gasteiger partial charge in [-0.1, -0.05) is 6.92 Å². The van der Waals surface area contributed by atoms with Crippen LogP contribution in [0.25, 0.3) is 11.2 Å². The number of aryl methyl sites for hydroxylation is 1. The Morgan fingerprint density at radius 3 is 2.42 bits per heavy atom. The van der Waals surface area contributed by atoms with Crippen molar-refractivity contribution in [2.45, 2.75) is 57.7 Å². The Morgan fingerprint density at radius 1 is 1.06 bits per heavy atom. The van der Waals surface area contributed by atoms with E-state index >= 15 is 0 Å². The van der Waals surface area contributed by atoms with Gasteiger partial charge in [0.1, 0.15) is 11.5 Å². The molecular formula is C22H30N6O3. The lowest BCUT2D eigenvalue weighted by Crippen LogP contribution is -2.29. The third kappa shape index (κ3) is 4.82. The molecule has 166 valence electrons. The summed E-state index contributed by atoms with van der Waals surface area (Å²) in [6.45, 7) is 2.95. The van der Waals surface area contributed by atoms with Gasteiger partial charge in [0.2, 0.25) is 5.95 Å². The predicted octanol–water partition coefficient (Wildman–Crippen LogP) is 3.71. The monoisotopic (exact) mass is 426 g/mol. The van der Waals surface area contributed by atoms with Gasteiger partial charge in [-0.2, -0.15) is 9.97 Å². The van der Waals surface area contributed by atoms with E-state index in [-0.39, 0.29) is 12.1 Å². The largest absolute Gasteiger partial charge is 0.497 e. The highest BCUT2D eigenvalue weighted by Crippen LogP contribution is 2.31. The van der Waals surface area contributed by atoms with Crippen molar-refractivity contribution in [1.29, 1.82) is 0 Å². The lowest BCUT2D eigenvalue weighted by Gasteiger charge is -2.26. The van der Waals surface area contributed by atoms with Gasteiger partial charge in [0.25, 0.3) is 0 Å². The maximum Gasteiger partial charge on any atom is 0.227 e. The lowest BCUT2D eigenvalue weighted by atomic mass is 9.93. The Labute approximate surface area is 181 Å². The number of benzene rings is 1. The van der Waals surface area contributed by atoms with Gasteiger partial charge in [-0.15, -0.1) is 0 Å². The Morgan fingerprint density at radius 2 is 1.77 bits per heavy atom. The van der Waals surface area contributed by atoms with Crippen molar-refractivity contribution < 1.29 is 14.6 Å². The van der Waals surface area contributed by atoms with Gasteiger partial charge in [-0.25, -0.2) is 4.98 Å². The van der Waals surface area contributed by atoms with Crippen LogP contribution in [0.4, 0.5) is 17.5 Å². The van der Waals surface area contributed by atoms with Crippen molar-refractivity contribution >= 4 is 28.6 Å². The number of nitrogens with one attached hydrogen (secondary N) is 2. The zero-order valence-corrected chi connectivity index (χ0v) is 18.3. The first-order valence-corrected chi connectivity index (χ1v) is 10.8. The summed E-state index contributed by atoms with van der Waals surface area (Å²) in [6, 6.07) is 5.83. The van der Waals surface area contributed by atoms with Gasteiger partial charge in [0, 0.05) is 36.5 Å². The number of hydrogen-bond donors (Lipinski definition) is 3. The number of anilines is 3. The van der Waals surface area contributed by atoms with Crippen molar-refractivity contribution in [2.24, 2.45) is 0 Å². The first kappa shape index (κ1) is 21.2. The number of aliphatic hydroxyl groups is 1. The zero-order valence-electron chi connectivity index (χ0n) is 18.3. The standard InChI is InChI=1S/C22H30N6O3/c1-4-9-28-13-23-19-20(24-15-10-17(30-2)12-18(11-15)31-3)26-22(27-21(19)28)25-14-5-7-16(29)8-6-14/h10-14,16,29H,4-9H2,1-3H3,(H2,24,25,26,27). The molecule has 0 spiro atoms. The van der Waals surface area contributed by atoms with Crippen LogP contribution in [-0.2, 0) is 6.54 Å². The molecule has 0 bridgehead atoms. The van der Waals surface area contributed by atoms with Gasteiger partial charge in [0.15, 0.2) is 17.0 Å². The van der Waals surface area contributed by atoms with E-state index in [9.17, 15) is 5.11 Å². The van der Waals surface area contributed by atoms with Crippen LogP contribution in [0.3, 0.4) is 0 Å². The fourth-order valence-electron chi connectivity index (χ4n) is 3.92. The fraction of sp³-hybridized carbons (Fsp3) is 0.500. The van der Waals surface area contributed by atoms with Gasteiger partial charge in [0.05, 0.1) is 26.7 Å². The molecule has 4 rings (SSSR count). The number of rotatable bonds is 8. The molecule has 0 radical (unpaired) electrons. The second kappa shape index (κ2) is 9.38. The van der Waals surface area contributed by atoms with Crippen LogP contribution < -0.4 is 20.1 Å². The quantitative estimate of drug-likeness (QED) is 0.500. The molecule has 1 aromatic carbocycles. The highest BCUT2D eigenvalue weighted by atomic mass is 16.5. The first-order valence-electron chi connectivity index (χ1n) is 10.8. The summed E-state index contributed by atoms with van der Waals surface area (Å²) in [4.78, 5) is 14.1. The van der Waals surface area contributed by atoms with Crippen molar-refractivity contribution in [3.63, 3.8) is 0 Å². The minimum Gasteiger partial charge on any atom is -0.497 e. The number of aliphatic hydroxyl groups excluding tert-OH is 1. The van der Waals surface area contributed by atoms with Gasteiger partial charge in [-0.05, 0) is 32.1 Å². The van der Waals surface area contributed by atoms with Crippen LogP contribution in [0.1, 0.15) is 39.0 Å². The minimum absolute atomic E-state index is 0.201. The summed E-state index contributed by atoms with van der Waals surface area (Å²) in [6.07, 6.45) is 5.97. The lowest BCUT2D eigenvalue weighted by molar-refractivity contribution is 0.126. The van der Waals surface area contributed by atoms with Crippen LogP contribution in [0, 0.1) is 0 Å². The summed E-state index contributed by atoms with van der Waals surface area (Å²) in [5.74, 6) is 2.54. The molecule has 0 atom stereocenters. The molecule has 0 saturated heterocycles. The molecule has 0 unspecified atom stereocenters. The molecule has 3 aromatic rings. The number of fused-ring (bicyclic) bond motifs is 1. The topological polar surface area (TPSA) is 106 Å². The molecule has 2 aromatic heterocycles. The smallest absolute Gasteiger partial charge is 0.227 e. The van der Waals surface area contributed by atoms with Crippen molar-refractivity contribution in [2.75, 3.05) is 24.9 Å². The number of hydrogen-bond acceptors (Lipinski definition) is 8. The number of ether oxygens (including phenoxy) is 2. The summed E-state index contributed by atoms with van der Waals surface area (Å²) < 4.78 is 12.8. The highest BCUT2D eigenvalue weighted by Gasteiger charge is 2.21. The summed E-state index contributed by atoms with van der Waals surface area (Å²) in [5, 5.41) is 16.6. The zero-order chi connectivity index (χ0) is 21.8. The number of aromatic nitrogens is 4. The Hall–Kier alpha value is -3.07. The van der Waals surface area contributed by atoms with E-state index in [4.69, 9.17) is 19.4 Å². The third-order valence-corrected chi connectivity index (χ3v) is 5.57. The Bertz CT molecular complexity index is 1010. The second-order valence-electron chi connectivity index (χ2n) is 7.88. The van der Waals surface area contributed by atoms with E-state index in [1.807, 2.05) is 22.8 Å². The van der Waals surface area contributed by atoms with Crippen LogP contribution in [0.5, 0.6) is 11.5 Å². The predicted molar refractivity (Wildman–Crippen MR) is 120 cm³/mol. The maximum atomic E-state index is 9.79. The number of imidazole rings is 1. The molecule has 31 heavy (non-hydrogen) atoms. The molecule has 1 aliphatic carbocycles. The molecular weight excluding hydrogens is 396 g/mol. The molecule has 3 N–H and O–H groups in total. The molecule has 2 heterocycles. The van der Waals surface area contributed by atoms with Crippen LogP contribution >= 0.6 is 0 Å². The van der Waals surface area contributed by atoms with Crippen molar-refractivity contribution in [1.82, 2.24) is 19.5 Å². The average Bonchev–Trinajstić information content (AvgIpc) is 3.18. The van der Waals surface area contributed by atoms with E-state index in [2.05, 4.69) is 22.5 Å². The fourth-order valence-corrected chi connectivity index (χ4v) is 3.92. The second-order valence-corrected chi connectivity index (χ2v) is 7.88. The molecule has 1 fully saturated rings. The molecule has 9 heteroatoms. The molecule has 0 aliphatic heterocycles. The summed E-state index contributed by atoms with van der Waals surface area (Å²) in [7, 11) is 3.24. The van der Waals surface area contributed by atoms with Crippen LogP contribution in [0.15, 0.2) is 24.5 Å². The van der Waals surface area contributed by atoms with E-state index in [1.54, 1.807) is 20.5 Å². The van der Waals surface area contributed by atoms with Gasteiger partial charge >= 0.3 is 0 Å². The molecule has 1 aliphatic rings. The SMILES string of the molecule is CCCn1cnc2c(Nc3cc(OC)cc(OC)c3)nc(NC3CCC(O)CC3)nc21. The first-order chi connectivity index (χ1) is 15.1. The summed E-state index contributed by atoms with van der Waals surface area (Å²) in [5.41, 5.74) is 2.28. The Balaban J connectivity index is 1.69. The van der Waals surface area contributed by atoms with Gasteiger partial charge < -0.3 is 29.8 Å². The minimum atomic E-state index is -0.201. The number of nitrogens with zero attached hydrogens (tertiary/aromatic N) is 4. The Kier molecular flexibility index (Phi) is 6.41.